The molecule has 0 bridgehead atoms. The second kappa shape index (κ2) is 9.49. The first kappa shape index (κ1) is 24.4. The topological polar surface area (TPSA) is 72.4 Å². The molecule has 0 aliphatic rings. The minimum atomic E-state index is -0.921. The van der Waals surface area contributed by atoms with Crippen molar-refractivity contribution in [2.45, 2.75) is 33.4 Å². The maximum absolute atomic E-state index is 13.2. The molecule has 0 atom stereocenters. The highest BCUT2D eigenvalue weighted by atomic mass is 35.5. The summed E-state index contributed by atoms with van der Waals surface area (Å²) in [5.74, 6) is 0. The van der Waals surface area contributed by atoms with E-state index < -0.39 is 5.60 Å². The monoisotopic (exact) mass is 486 g/mol. The van der Waals surface area contributed by atoms with Crippen LogP contribution in [0.15, 0.2) is 90.1 Å². The first-order valence-corrected chi connectivity index (χ1v) is 11.3. The highest BCUT2D eigenvalue weighted by molar-refractivity contribution is 6.30. The SMILES string of the molecule is C.CC(C)(O)c1ccc(Cn2nc3c(-c4ccncc4)c(-c4ccc(Cl)cc4)ccn3c2=O)cc1. The molecule has 2 aromatic carbocycles. The van der Waals surface area contributed by atoms with E-state index in [0.717, 1.165) is 33.4 Å². The van der Waals surface area contributed by atoms with Crippen LogP contribution in [0.25, 0.3) is 27.9 Å². The Hall–Kier alpha value is -3.74. The number of halogens is 1. The van der Waals surface area contributed by atoms with E-state index in [1.807, 2.05) is 66.7 Å². The zero-order chi connectivity index (χ0) is 23.9. The van der Waals surface area contributed by atoms with E-state index in [0.29, 0.717) is 17.2 Å². The number of hydrogen-bond acceptors (Lipinski definition) is 4. The highest BCUT2D eigenvalue weighted by Gasteiger charge is 2.18. The summed E-state index contributed by atoms with van der Waals surface area (Å²) < 4.78 is 3.03. The molecular weight excluding hydrogens is 460 g/mol. The smallest absolute Gasteiger partial charge is 0.350 e. The summed E-state index contributed by atoms with van der Waals surface area (Å²) in [5, 5.41) is 15.6. The van der Waals surface area contributed by atoms with E-state index in [1.54, 1.807) is 36.8 Å². The molecule has 3 heterocycles. The van der Waals surface area contributed by atoms with Crippen LogP contribution in [0.4, 0.5) is 0 Å². The lowest BCUT2D eigenvalue weighted by Gasteiger charge is -2.17. The number of rotatable bonds is 5. The average Bonchev–Trinajstić information content (AvgIpc) is 3.14. The Balaban J connectivity index is 0.00000289. The molecule has 0 aliphatic heterocycles. The van der Waals surface area contributed by atoms with Gasteiger partial charge in [0.05, 0.1) is 12.1 Å². The Labute approximate surface area is 209 Å². The van der Waals surface area contributed by atoms with Gasteiger partial charge in [-0.05, 0) is 72.0 Å². The van der Waals surface area contributed by atoms with Gasteiger partial charge in [0.25, 0.3) is 0 Å². The number of pyridine rings is 2. The fourth-order valence-corrected chi connectivity index (χ4v) is 4.17. The molecule has 0 amide bonds. The van der Waals surface area contributed by atoms with E-state index in [4.69, 9.17) is 16.7 Å². The molecule has 0 unspecified atom stereocenters. The number of aromatic nitrogens is 4. The van der Waals surface area contributed by atoms with Crippen molar-refractivity contribution in [3.63, 3.8) is 0 Å². The fourth-order valence-electron chi connectivity index (χ4n) is 4.05. The predicted molar refractivity (Wildman–Crippen MR) is 141 cm³/mol. The number of nitrogens with zero attached hydrogens (tertiary/aromatic N) is 4. The van der Waals surface area contributed by atoms with Crippen molar-refractivity contribution in [3.05, 3.63) is 112 Å². The Kier molecular flexibility index (Phi) is 6.61. The third kappa shape index (κ3) is 4.76. The molecule has 0 aliphatic carbocycles. The van der Waals surface area contributed by atoms with Crippen molar-refractivity contribution in [2.75, 3.05) is 0 Å². The van der Waals surface area contributed by atoms with E-state index >= 15 is 0 Å². The summed E-state index contributed by atoms with van der Waals surface area (Å²) in [4.78, 5) is 17.4. The first-order chi connectivity index (χ1) is 16.3. The molecule has 6 nitrogen and oxygen atoms in total. The molecule has 5 rings (SSSR count). The molecule has 3 aromatic heterocycles. The summed E-state index contributed by atoms with van der Waals surface area (Å²) in [6.45, 7) is 3.81. The van der Waals surface area contributed by atoms with Crippen LogP contribution < -0.4 is 5.69 Å². The van der Waals surface area contributed by atoms with Crippen molar-refractivity contribution in [1.82, 2.24) is 19.2 Å². The van der Waals surface area contributed by atoms with Gasteiger partial charge >= 0.3 is 5.69 Å². The van der Waals surface area contributed by atoms with Crippen LogP contribution in [0.1, 0.15) is 32.4 Å². The minimum absolute atomic E-state index is 0. The molecule has 178 valence electrons. The standard InChI is InChI=1S/C27H23ClN4O2.CH4/c1-27(2,34)21-7-3-18(4-8-21)17-32-26(33)31-16-13-23(19-5-9-22(28)10-6-19)24(25(31)30-32)20-11-14-29-15-12-20;/h3-16,34H,17H2,1-2H3;1H4. The molecule has 0 radical (unpaired) electrons. The van der Waals surface area contributed by atoms with Crippen LogP contribution >= 0.6 is 11.6 Å². The van der Waals surface area contributed by atoms with Crippen LogP contribution in [0.2, 0.25) is 5.02 Å². The molecule has 0 fully saturated rings. The van der Waals surface area contributed by atoms with Gasteiger partial charge < -0.3 is 5.11 Å². The highest BCUT2D eigenvalue weighted by Crippen LogP contribution is 2.34. The second-order valence-electron chi connectivity index (χ2n) is 8.74. The van der Waals surface area contributed by atoms with Crippen LogP contribution in [0.3, 0.4) is 0 Å². The minimum Gasteiger partial charge on any atom is -0.386 e. The third-order valence-electron chi connectivity index (χ3n) is 5.87. The average molecular weight is 487 g/mol. The molecule has 35 heavy (non-hydrogen) atoms. The van der Waals surface area contributed by atoms with Crippen molar-refractivity contribution in [1.29, 1.82) is 0 Å². The summed E-state index contributed by atoms with van der Waals surface area (Å²) >= 11 is 6.10. The Morgan fingerprint density at radius 3 is 2.20 bits per heavy atom. The summed E-state index contributed by atoms with van der Waals surface area (Å²) in [6, 6.07) is 20.9. The zero-order valence-electron chi connectivity index (χ0n) is 18.8. The van der Waals surface area contributed by atoms with Crippen LogP contribution in [0.5, 0.6) is 0 Å². The molecule has 0 spiro atoms. The maximum Gasteiger partial charge on any atom is 0.350 e. The first-order valence-electron chi connectivity index (χ1n) is 10.9. The van der Waals surface area contributed by atoms with Gasteiger partial charge in [0, 0.05) is 29.2 Å². The van der Waals surface area contributed by atoms with Crippen molar-refractivity contribution >= 4 is 17.2 Å². The van der Waals surface area contributed by atoms with E-state index in [2.05, 4.69) is 4.98 Å². The van der Waals surface area contributed by atoms with Gasteiger partial charge in [-0.15, -0.1) is 5.10 Å². The molecule has 1 N–H and O–H groups in total. The molecular formula is C28H27ClN4O2. The van der Waals surface area contributed by atoms with Gasteiger partial charge in [0.15, 0.2) is 5.65 Å². The second-order valence-corrected chi connectivity index (χ2v) is 9.17. The lowest BCUT2D eigenvalue weighted by Crippen LogP contribution is -2.21. The van der Waals surface area contributed by atoms with E-state index in [1.165, 1.54) is 4.68 Å². The van der Waals surface area contributed by atoms with E-state index in [9.17, 15) is 9.90 Å². The largest absolute Gasteiger partial charge is 0.386 e. The molecule has 5 aromatic rings. The Bertz CT molecular complexity index is 1510. The predicted octanol–water partition coefficient (Wildman–Crippen LogP) is 5.79. The molecule has 0 saturated carbocycles. The Morgan fingerprint density at radius 2 is 1.57 bits per heavy atom. The zero-order valence-corrected chi connectivity index (χ0v) is 19.6. The third-order valence-corrected chi connectivity index (χ3v) is 6.12. The van der Waals surface area contributed by atoms with Crippen molar-refractivity contribution in [2.24, 2.45) is 0 Å². The van der Waals surface area contributed by atoms with Crippen molar-refractivity contribution in [3.8, 4) is 22.3 Å². The fraction of sp³-hybridized carbons (Fsp3) is 0.179. The summed E-state index contributed by atoms with van der Waals surface area (Å²) in [6.07, 6.45) is 5.21. The van der Waals surface area contributed by atoms with Crippen LogP contribution in [0, 0.1) is 0 Å². The van der Waals surface area contributed by atoms with Crippen LogP contribution in [-0.2, 0) is 12.1 Å². The number of hydrogen-bond donors (Lipinski definition) is 1. The summed E-state index contributed by atoms with van der Waals surface area (Å²) in [5.41, 5.74) is 4.84. The van der Waals surface area contributed by atoms with Crippen LogP contribution in [-0.4, -0.2) is 24.3 Å². The molecule has 7 heteroatoms. The van der Waals surface area contributed by atoms with Crippen molar-refractivity contribution < 1.29 is 5.11 Å². The van der Waals surface area contributed by atoms with Gasteiger partial charge in [-0.25, -0.2) is 13.9 Å². The lowest BCUT2D eigenvalue weighted by atomic mass is 9.96. The number of fused-ring (bicyclic) bond motifs is 1. The maximum atomic E-state index is 13.2. The quantitative estimate of drug-likeness (QED) is 0.341. The van der Waals surface area contributed by atoms with E-state index in [-0.39, 0.29) is 13.1 Å². The van der Waals surface area contributed by atoms with Gasteiger partial charge in [0.2, 0.25) is 0 Å². The lowest BCUT2D eigenvalue weighted by molar-refractivity contribution is 0.0786. The number of benzene rings is 2. The Morgan fingerprint density at radius 1 is 0.914 bits per heavy atom. The van der Waals surface area contributed by atoms with Gasteiger partial charge in [-0.3, -0.25) is 4.98 Å². The molecule has 0 saturated heterocycles. The van der Waals surface area contributed by atoms with Gasteiger partial charge in [-0.2, -0.15) is 0 Å². The normalized spacial score (nSPS) is 11.4. The van der Waals surface area contributed by atoms with Gasteiger partial charge in [-0.1, -0.05) is 55.4 Å². The summed E-state index contributed by atoms with van der Waals surface area (Å²) in [7, 11) is 0. The number of aliphatic hydroxyl groups is 1. The van der Waals surface area contributed by atoms with Gasteiger partial charge in [0.1, 0.15) is 0 Å².